The molecule has 21 heavy (non-hydrogen) atoms. The van der Waals surface area contributed by atoms with Crippen molar-refractivity contribution in [3.63, 3.8) is 0 Å². The first-order valence-corrected chi connectivity index (χ1v) is 7.20. The Labute approximate surface area is 126 Å². The summed E-state index contributed by atoms with van der Waals surface area (Å²) < 4.78 is 11.4. The largest absolute Gasteiger partial charge is 0.497 e. The molecule has 112 valence electrons. The van der Waals surface area contributed by atoms with Crippen LogP contribution in [0.25, 0.3) is 0 Å². The summed E-state index contributed by atoms with van der Waals surface area (Å²) in [6.45, 7) is 6.81. The van der Waals surface area contributed by atoms with Crippen molar-refractivity contribution in [2.45, 2.75) is 33.2 Å². The van der Waals surface area contributed by atoms with Crippen LogP contribution in [0.1, 0.15) is 36.5 Å². The van der Waals surface area contributed by atoms with Gasteiger partial charge in [0.15, 0.2) is 0 Å². The highest BCUT2D eigenvalue weighted by Gasteiger charge is 2.12. The number of nitrogens with two attached hydrogens (primary N) is 1. The third-order valence-corrected chi connectivity index (χ3v) is 3.51. The maximum Gasteiger partial charge on any atom is 0.135 e. The number of hydrogen-bond acceptors (Lipinski definition) is 3. The van der Waals surface area contributed by atoms with Crippen LogP contribution in [-0.2, 0) is 6.54 Å². The summed E-state index contributed by atoms with van der Waals surface area (Å²) in [5.74, 6) is 2.80. The van der Waals surface area contributed by atoms with E-state index in [1.807, 2.05) is 18.2 Å². The predicted molar refractivity (Wildman–Crippen MR) is 86.2 cm³/mol. The zero-order chi connectivity index (χ0) is 15.4. The van der Waals surface area contributed by atoms with Crippen molar-refractivity contribution < 1.29 is 9.47 Å². The first kappa shape index (κ1) is 15.4. The molecule has 2 N–H and O–H groups in total. The molecule has 0 atom stereocenters. The van der Waals surface area contributed by atoms with Crippen molar-refractivity contribution >= 4 is 0 Å². The average Bonchev–Trinajstić information content (AvgIpc) is 2.47. The van der Waals surface area contributed by atoms with Gasteiger partial charge in [-0.2, -0.15) is 0 Å². The van der Waals surface area contributed by atoms with E-state index in [1.165, 1.54) is 11.1 Å². The smallest absolute Gasteiger partial charge is 0.135 e. The Hall–Kier alpha value is -2.00. The zero-order valence-corrected chi connectivity index (χ0v) is 13.1. The predicted octanol–water partition coefficient (Wildman–Crippen LogP) is 4.38. The van der Waals surface area contributed by atoms with Gasteiger partial charge < -0.3 is 15.2 Å². The van der Waals surface area contributed by atoms with E-state index >= 15 is 0 Å². The molecule has 2 aromatic rings. The summed E-state index contributed by atoms with van der Waals surface area (Å²) in [5, 5.41) is 0. The van der Waals surface area contributed by atoms with E-state index in [1.54, 1.807) is 7.11 Å². The fourth-order valence-corrected chi connectivity index (χ4v) is 2.25. The third kappa shape index (κ3) is 3.56. The lowest BCUT2D eigenvalue weighted by atomic mass is 10.0. The first-order chi connectivity index (χ1) is 10.0. The molecule has 0 aliphatic carbocycles. The average molecular weight is 285 g/mol. The Bertz CT molecular complexity index is 621. The van der Waals surface area contributed by atoms with Gasteiger partial charge in [-0.25, -0.2) is 0 Å². The van der Waals surface area contributed by atoms with E-state index < -0.39 is 0 Å². The second kappa shape index (κ2) is 6.64. The van der Waals surface area contributed by atoms with Crippen molar-refractivity contribution in [1.82, 2.24) is 0 Å². The Morgan fingerprint density at radius 1 is 1.05 bits per heavy atom. The number of ether oxygens (including phenoxy) is 2. The van der Waals surface area contributed by atoms with E-state index in [4.69, 9.17) is 15.2 Å². The summed E-state index contributed by atoms with van der Waals surface area (Å²) in [6, 6.07) is 12.0. The molecule has 0 aliphatic heterocycles. The molecule has 0 spiro atoms. The highest BCUT2D eigenvalue weighted by molar-refractivity contribution is 5.46. The molecule has 0 bridgehead atoms. The minimum absolute atomic E-state index is 0.396. The fraction of sp³-hybridized carbons (Fsp3) is 0.333. The van der Waals surface area contributed by atoms with Crippen molar-refractivity contribution in [1.29, 1.82) is 0 Å². The zero-order valence-electron chi connectivity index (χ0n) is 13.1. The number of rotatable bonds is 5. The van der Waals surface area contributed by atoms with Crippen molar-refractivity contribution in [3.05, 3.63) is 53.1 Å². The minimum Gasteiger partial charge on any atom is -0.497 e. The van der Waals surface area contributed by atoms with Crippen molar-refractivity contribution in [2.24, 2.45) is 5.73 Å². The van der Waals surface area contributed by atoms with Gasteiger partial charge >= 0.3 is 0 Å². The molecule has 0 unspecified atom stereocenters. The Morgan fingerprint density at radius 2 is 1.81 bits per heavy atom. The van der Waals surface area contributed by atoms with Gasteiger partial charge in [0.25, 0.3) is 0 Å². The summed E-state index contributed by atoms with van der Waals surface area (Å²) in [4.78, 5) is 0. The van der Waals surface area contributed by atoms with E-state index in [9.17, 15) is 0 Å². The molecule has 3 heteroatoms. The monoisotopic (exact) mass is 285 g/mol. The Balaban J connectivity index is 2.44. The first-order valence-electron chi connectivity index (χ1n) is 7.20. The van der Waals surface area contributed by atoms with Crippen LogP contribution in [-0.4, -0.2) is 7.11 Å². The second-order valence-electron chi connectivity index (χ2n) is 5.48. The molecule has 0 saturated heterocycles. The van der Waals surface area contributed by atoms with E-state index in [0.717, 1.165) is 22.8 Å². The molecule has 0 radical (unpaired) electrons. The van der Waals surface area contributed by atoms with Crippen LogP contribution in [0.2, 0.25) is 0 Å². The van der Waals surface area contributed by atoms with Gasteiger partial charge in [-0.05, 0) is 36.1 Å². The molecule has 0 amide bonds. The van der Waals surface area contributed by atoms with Gasteiger partial charge in [-0.15, -0.1) is 0 Å². The van der Waals surface area contributed by atoms with Crippen LogP contribution in [0.15, 0.2) is 36.4 Å². The quantitative estimate of drug-likeness (QED) is 0.886. The molecular weight excluding hydrogens is 262 g/mol. The number of benzene rings is 2. The molecule has 0 fully saturated rings. The van der Waals surface area contributed by atoms with Crippen LogP contribution in [0, 0.1) is 6.92 Å². The molecule has 2 rings (SSSR count). The van der Waals surface area contributed by atoms with E-state index in [2.05, 4.69) is 39.0 Å². The molecule has 2 aromatic carbocycles. The lowest BCUT2D eigenvalue weighted by Crippen LogP contribution is -2.01. The molecule has 0 aliphatic rings. The van der Waals surface area contributed by atoms with Crippen LogP contribution < -0.4 is 15.2 Å². The summed E-state index contributed by atoms with van der Waals surface area (Å²) in [5.41, 5.74) is 9.13. The van der Waals surface area contributed by atoms with Crippen LogP contribution >= 0.6 is 0 Å². The molecule has 3 nitrogen and oxygen atoms in total. The van der Waals surface area contributed by atoms with E-state index in [-0.39, 0.29) is 0 Å². The standard InChI is InChI=1S/C18H23NO2/c1-12(2)16-8-5-13(3)9-18(16)21-17-10-15(20-4)7-6-14(17)11-19/h5-10,12H,11,19H2,1-4H3. The van der Waals surface area contributed by atoms with Gasteiger partial charge in [0, 0.05) is 18.2 Å². The summed E-state index contributed by atoms with van der Waals surface area (Å²) >= 11 is 0. The van der Waals surface area contributed by atoms with Crippen molar-refractivity contribution in [2.75, 3.05) is 7.11 Å². The van der Waals surface area contributed by atoms with Crippen LogP contribution in [0.4, 0.5) is 0 Å². The van der Waals surface area contributed by atoms with Crippen molar-refractivity contribution in [3.8, 4) is 17.2 Å². The van der Waals surface area contributed by atoms with E-state index in [0.29, 0.717) is 12.5 Å². The fourth-order valence-electron chi connectivity index (χ4n) is 2.25. The normalized spacial score (nSPS) is 10.8. The number of aryl methyl sites for hydroxylation is 1. The lowest BCUT2D eigenvalue weighted by Gasteiger charge is -2.17. The van der Waals surface area contributed by atoms with Crippen LogP contribution in [0.5, 0.6) is 17.2 Å². The molecule has 0 aromatic heterocycles. The topological polar surface area (TPSA) is 44.5 Å². The lowest BCUT2D eigenvalue weighted by molar-refractivity contribution is 0.407. The van der Waals surface area contributed by atoms with Gasteiger partial charge in [0.2, 0.25) is 0 Å². The van der Waals surface area contributed by atoms with Gasteiger partial charge in [0.1, 0.15) is 17.2 Å². The molecule has 0 heterocycles. The van der Waals surface area contributed by atoms with Crippen LogP contribution in [0.3, 0.4) is 0 Å². The third-order valence-electron chi connectivity index (χ3n) is 3.51. The summed E-state index contributed by atoms with van der Waals surface area (Å²) in [7, 11) is 1.65. The maximum absolute atomic E-state index is 6.16. The number of methoxy groups -OCH3 is 1. The second-order valence-corrected chi connectivity index (χ2v) is 5.48. The molecule has 0 saturated carbocycles. The minimum atomic E-state index is 0.396. The molecular formula is C18H23NO2. The van der Waals surface area contributed by atoms with Gasteiger partial charge in [-0.1, -0.05) is 32.0 Å². The van der Waals surface area contributed by atoms with Gasteiger partial charge in [0.05, 0.1) is 7.11 Å². The highest BCUT2D eigenvalue weighted by atomic mass is 16.5. The highest BCUT2D eigenvalue weighted by Crippen LogP contribution is 2.34. The summed E-state index contributed by atoms with van der Waals surface area (Å²) in [6.07, 6.45) is 0. The Kier molecular flexibility index (Phi) is 4.86. The maximum atomic E-state index is 6.16. The Morgan fingerprint density at radius 3 is 2.43 bits per heavy atom. The SMILES string of the molecule is COc1ccc(CN)c(Oc2cc(C)ccc2C(C)C)c1. The number of hydrogen-bond donors (Lipinski definition) is 1. The van der Waals surface area contributed by atoms with Gasteiger partial charge in [-0.3, -0.25) is 0 Å².